The second kappa shape index (κ2) is 6.75. The third-order valence-corrected chi connectivity index (χ3v) is 6.05. The Morgan fingerprint density at radius 3 is 2.83 bits per heavy atom. The Morgan fingerprint density at radius 1 is 1.38 bits per heavy atom. The zero-order chi connectivity index (χ0) is 17.2. The Balaban J connectivity index is 1.69. The fraction of sp³-hybridized carbons (Fsp3) is 0.412. The molecule has 1 aliphatic rings. The number of aromatic amines is 1. The first-order valence-electron chi connectivity index (χ1n) is 7.94. The maximum absolute atomic E-state index is 12.5. The van der Waals surface area contributed by atoms with Crippen molar-refractivity contribution in [2.24, 2.45) is 5.92 Å². The molecule has 2 heterocycles. The van der Waals surface area contributed by atoms with Crippen LogP contribution in [0.15, 0.2) is 35.4 Å². The number of hydrogen-bond acceptors (Lipinski definition) is 5. The quantitative estimate of drug-likeness (QED) is 0.912. The van der Waals surface area contributed by atoms with Crippen molar-refractivity contribution in [2.45, 2.75) is 24.8 Å². The van der Waals surface area contributed by atoms with Crippen molar-refractivity contribution in [1.29, 1.82) is 5.26 Å². The van der Waals surface area contributed by atoms with Crippen LogP contribution in [0.1, 0.15) is 23.7 Å². The minimum Gasteiger partial charge on any atom is -0.298 e. The first kappa shape index (κ1) is 16.7. The molecule has 0 amide bonds. The molecule has 0 aliphatic carbocycles. The van der Waals surface area contributed by atoms with Crippen LogP contribution in [0.2, 0.25) is 0 Å². The van der Waals surface area contributed by atoms with Gasteiger partial charge in [0.2, 0.25) is 0 Å². The summed E-state index contributed by atoms with van der Waals surface area (Å²) in [7, 11) is -3.35. The summed E-state index contributed by atoms with van der Waals surface area (Å²) in [6.07, 6.45) is 2.77. The average Bonchev–Trinajstić information content (AvgIpc) is 2.93. The molecule has 126 valence electrons. The van der Waals surface area contributed by atoms with E-state index < -0.39 is 9.84 Å². The van der Waals surface area contributed by atoms with Gasteiger partial charge in [0.1, 0.15) is 0 Å². The van der Waals surface area contributed by atoms with Crippen molar-refractivity contribution in [3.63, 3.8) is 0 Å². The van der Waals surface area contributed by atoms with Gasteiger partial charge in [-0.25, -0.2) is 8.42 Å². The van der Waals surface area contributed by atoms with Crippen LogP contribution in [0.25, 0.3) is 0 Å². The predicted octanol–water partition coefficient (Wildman–Crippen LogP) is 1.75. The molecule has 1 N–H and O–H groups in total. The molecule has 6 nitrogen and oxygen atoms in total. The molecular formula is C17H20N4O2S. The number of aromatic nitrogens is 2. The largest absolute Gasteiger partial charge is 0.298 e. The summed E-state index contributed by atoms with van der Waals surface area (Å²) in [5, 5.41) is 15.9. The highest BCUT2D eigenvalue weighted by molar-refractivity contribution is 7.91. The van der Waals surface area contributed by atoms with E-state index in [0.29, 0.717) is 18.0 Å². The van der Waals surface area contributed by atoms with E-state index in [0.717, 1.165) is 30.8 Å². The van der Waals surface area contributed by atoms with E-state index in [-0.39, 0.29) is 10.6 Å². The smallest absolute Gasteiger partial charge is 0.179 e. The summed E-state index contributed by atoms with van der Waals surface area (Å²) in [5.74, 6) is 0.517. The Hall–Kier alpha value is -2.17. The molecule has 0 fully saturated rings. The minimum atomic E-state index is -3.35. The van der Waals surface area contributed by atoms with Gasteiger partial charge in [0.25, 0.3) is 0 Å². The monoisotopic (exact) mass is 344 g/mol. The van der Waals surface area contributed by atoms with Crippen LogP contribution in [-0.2, 0) is 22.8 Å². The summed E-state index contributed by atoms with van der Waals surface area (Å²) in [6.45, 7) is 4.24. The molecule has 0 radical (unpaired) electrons. The molecule has 0 saturated carbocycles. The van der Waals surface area contributed by atoms with Gasteiger partial charge in [-0.3, -0.25) is 10.00 Å². The van der Waals surface area contributed by atoms with Crippen LogP contribution < -0.4 is 0 Å². The number of nitrogens with zero attached hydrogens (tertiary/aromatic N) is 3. The summed E-state index contributed by atoms with van der Waals surface area (Å²) < 4.78 is 25.0. The fourth-order valence-electron chi connectivity index (χ4n) is 3.08. The van der Waals surface area contributed by atoms with Gasteiger partial charge in [-0.1, -0.05) is 6.92 Å². The minimum absolute atomic E-state index is 0.0683. The predicted molar refractivity (Wildman–Crippen MR) is 89.9 cm³/mol. The lowest BCUT2D eigenvalue weighted by atomic mass is 10.1. The van der Waals surface area contributed by atoms with Crippen molar-refractivity contribution >= 4 is 9.84 Å². The lowest BCUT2D eigenvalue weighted by Gasteiger charge is -2.22. The van der Waals surface area contributed by atoms with E-state index in [2.05, 4.69) is 22.0 Å². The molecule has 1 aromatic heterocycles. The second-order valence-electron chi connectivity index (χ2n) is 6.37. The molecule has 2 aromatic rings. The summed E-state index contributed by atoms with van der Waals surface area (Å²) in [4.78, 5) is 2.45. The third-order valence-electron chi connectivity index (χ3n) is 4.34. The SMILES string of the molecule is CC1Cc2[nH]ncc2CN(CCS(=O)(=O)c2ccc(C#N)cc2)C1. The highest BCUT2D eigenvalue weighted by Gasteiger charge is 2.22. The lowest BCUT2D eigenvalue weighted by Crippen LogP contribution is -2.31. The van der Waals surface area contributed by atoms with Gasteiger partial charge in [0.05, 0.1) is 28.5 Å². The number of rotatable bonds is 4. The van der Waals surface area contributed by atoms with Crippen molar-refractivity contribution in [1.82, 2.24) is 15.1 Å². The summed E-state index contributed by atoms with van der Waals surface area (Å²) >= 11 is 0. The van der Waals surface area contributed by atoms with Crippen LogP contribution in [0, 0.1) is 17.2 Å². The number of nitriles is 1. The van der Waals surface area contributed by atoms with Crippen molar-refractivity contribution in [3.8, 4) is 6.07 Å². The van der Waals surface area contributed by atoms with Gasteiger partial charge >= 0.3 is 0 Å². The molecule has 7 heteroatoms. The first-order valence-corrected chi connectivity index (χ1v) is 9.59. The zero-order valence-corrected chi connectivity index (χ0v) is 14.4. The standard InChI is InChI=1S/C17H20N4O2S/c1-13-8-17-15(10-19-20-17)12-21(11-13)6-7-24(22,23)16-4-2-14(9-18)3-5-16/h2-5,10,13H,6-8,11-12H2,1H3,(H,19,20). The molecule has 0 saturated heterocycles. The number of H-pyrrole nitrogens is 1. The van der Waals surface area contributed by atoms with Crippen LogP contribution in [0.4, 0.5) is 0 Å². The van der Waals surface area contributed by atoms with Gasteiger partial charge in [0.15, 0.2) is 9.84 Å². The molecular weight excluding hydrogens is 324 g/mol. The summed E-state index contributed by atoms with van der Waals surface area (Å²) in [5.41, 5.74) is 2.76. The number of sulfone groups is 1. The van der Waals surface area contributed by atoms with Gasteiger partial charge in [-0.05, 0) is 36.6 Å². The molecule has 0 bridgehead atoms. The molecule has 1 atom stereocenters. The van der Waals surface area contributed by atoms with Gasteiger partial charge in [-0.2, -0.15) is 10.4 Å². The zero-order valence-electron chi connectivity index (χ0n) is 13.6. The fourth-order valence-corrected chi connectivity index (χ4v) is 4.37. The highest BCUT2D eigenvalue weighted by Crippen LogP contribution is 2.20. The number of nitrogens with one attached hydrogen (secondary N) is 1. The topological polar surface area (TPSA) is 89.8 Å². The normalized spacial score (nSPS) is 18.6. The molecule has 1 aromatic carbocycles. The Bertz CT molecular complexity index is 849. The van der Waals surface area contributed by atoms with Crippen molar-refractivity contribution in [3.05, 3.63) is 47.3 Å². The molecule has 1 unspecified atom stereocenters. The van der Waals surface area contributed by atoms with E-state index in [4.69, 9.17) is 5.26 Å². The van der Waals surface area contributed by atoms with Gasteiger partial charge in [-0.15, -0.1) is 0 Å². The molecule has 24 heavy (non-hydrogen) atoms. The molecule has 3 rings (SSSR count). The van der Waals surface area contributed by atoms with Crippen LogP contribution >= 0.6 is 0 Å². The first-order chi connectivity index (χ1) is 11.5. The van der Waals surface area contributed by atoms with E-state index in [1.54, 1.807) is 12.1 Å². The average molecular weight is 344 g/mol. The Kier molecular flexibility index (Phi) is 4.69. The number of fused-ring (bicyclic) bond motifs is 1. The van der Waals surface area contributed by atoms with E-state index >= 15 is 0 Å². The second-order valence-corrected chi connectivity index (χ2v) is 8.48. The van der Waals surface area contributed by atoms with Crippen LogP contribution in [0.5, 0.6) is 0 Å². The number of benzene rings is 1. The highest BCUT2D eigenvalue weighted by atomic mass is 32.2. The van der Waals surface area contributed by atoms with Crippen molar-refractivity contribution < 1.29 is 8.42 Å². The Labute approximate surface area is 142 Å². The van der Waals surface area contributed by atoms with Crippen LogP contribution in [-0.4, -0.2) is 42.4 Å². The summed E-state index contributed by atoms with van der Waals surface area (Å²) in [6, 6.07) is 8.09. The van der Waals surface area contributed by atoms with E-state index in [9.17, 15) is 8.42 Å². The maximum atomic E-state index is 12.5. The molecule has 0 spiro atoms. The third kappa shape index (κ3) is 3.66. The number of hydrogen-bond donors (Lipinski definition) is 1. The van der Waals surface area contributed by atoms with Crippen molar-refractivity contribution in [2.75, 3.05) is 18.8 Å². The molecule has 1 aliphatic heterocycles. The maximum Gasteiger partial charge on any atom is 0.179 e. The van der Waals surface area contributed by atoms with E-state index in [1.165, 1.54) is 12.1 Å². The van der Waals surface area contributed by atoms with Gasteiger partial charge < -0.3 is 0 Å². The Morgan fingerprint density at radius 2 is 2.12 bits per heavy atom. The van der Waals surface area contributed by atoms with E-state index in [1.807, 2.05) is 12.3 Å². The van der Waals surface area contributed by atoms with Gasteiger partial charge in [0, 0.05) is 30.9 Å². The van der Waals surface area contributed by atoms with Crippen LogP contribution in [0.3, 0.4) is 0 Å². The lowest BCUT2D eigenvalue weighted by molar-refractivity contribution is 0.251.